The number of likely N-dealkylation sites (N-methyl/N-ethyl adjacent to an activating group) is 1. The van der Waals surface area contributed by atoms with Crippen molar-refractivity contribution >= 4 is 44.8 Å². The van der Waals surface area contributed by atoms with Crippen molar-refractivity contribution in [1.82, 2.24) is 9.80 Å². The lowest BCUT2D eigenvalue weighted by molar-refractivity contribution is -0.0177. The molecule has 0 spiro atoms. The van der Waals surface area contributed by atoms with Crippen LogP contribution in [-0.2, 0) is 21.3 Å². The van der Waals surface area contributed by atoms with Gasteiger partial charge in [-0.05, 0) is 100 Å². The molecule has 1 aliphatic heterocycles. The summed E-state index contributed by atoms with van der Waals surface area (Å²) in [7, 11) is -2.09. The van der Waals surface area contributed by atoms with Crippen molar-refractivity contribution in [2.24, 2.45) is 5.92 Å². The molecule has 3 aromatic rings. The number of fused-ring (bicyclic) bond motifs is 1. The molecule has 4 atom stereocenters. The maximum atomic E-state index is 14.4. The first-order valence-corrected chi connectivity index (χ1v) is 18.3. The molecule has 48 heavy (non-hydrogen) atoms. The van der Waals surface area contributed by atoms with Crippen molar-refractivity contribution < 1.29 is 32.2 Å². The molecule has 2 N–H and O–H groups in total. The Morgan fingerprint density at radius 2 is 1.79 bits per heavy atom. The fraction of sp³-hybridized carbons (Fsp3) is 0.457. The molecule has 0 radical (unpaired) electrons. The van der Waals surface area contributed by atoms with Crippen molar-refractivity contribution in [3.63, 3.8) is 0 Å². The Labute approximate surface area is 293 Å². The molecule has 1 amide bonds. The summed E-state index contributed by atoms with van der Waals surface area (Å²) >= 11 is 12.4. The number of aliphatic hydroxyl groups is 1. The number of nitrogens with one attached hydrogen (secondary N) is 1. The van der Waals surface area contributed by atoms with E-state index in [0.717, 1.165) is 30.5 Å². The zero-order valence-corrected chi connectivity index (χ0v) is 30.0. The van der Waals surface area contributed by atoms with Gasteiger partial charge in [-0.1, -0.05) is 36.2 Å². The summed E-state index contributed by atoms with van der Waals surface area (Å²) in [5, 5.41) is 11.2. The SMILES string of the molecule is C[C@@H]1CCCCO[C@H](CN(C)Cc2ccc(Cl)c(Cl)c2)[C@H](C)CN([C@@H](C)CO)C(=O)c2cc(NS(=O)(=O)c3ccc(F)cc3)ccc2O1. The van der Waals surface area contributed by atoms with Crippen LogP contribution in [0.25, 0.3) is 0 Å². The third-order valence-electron chi connectivity index (χ3n) is 8.36. The molecule has 0 fully saturated rings. The van der Waals surface area contributed by atoms with Crippen LogP contribution in [0.1, 0.15) is 56.0 Å². The Hall–Kier alpha value is -2.93. The number of nitrogens with zero attached hydrogens (tertiary/aromatic N) is 2. The van der Waals surface area contributed by atoms with E-state index in [1.807, 2.05) is 33.0 Å². The van der Waals surface area contributed by atoms with Crippen molar-refractivity contribution in [3.05, 3.63) is 87.7 Å². The van der Waals surface area contributed by atoms with Crippen LogP contribution < -0.4 is 9.46 Å². The second kappa shape index (κ2) is 17.1. The van der Waals surface area contributed by atoms with E-state index in [4.69, 9.17) is 32.7 Å². The minimum absolute atomic E-state index is 0.125. The van der Waals surface area contributed by atoms with Crippen LogP contribution in [0.5, 0.6) is 5.75 Å². The summed E-state index contributed by atoms with van der Waals surface area (Å²) in [4.78, 5) is 17.9. The number of hydrogen-bond acceptors (Lipinski definition) is 7. The molecular weight excluding hydrogens is 680 g/mol. The molecular formula is C35H44Cl2FN3O6S. The molecule has 1 heterocycles. The smallest absolute Gasteiger partial charge is 0.261 e. The lowest BCUT2D eigenvalue weighted by atomic mass is 10.0. The highest BCUT2D eigenvalue weighted by atomic mass is 35.5. The number of anilines is 1. The van der Waals surface area contributed by atoms with Gasteiger partial charge in [-0.3, -0.25) is 14.4 Å². The highest BCUT2D eigenvalue weighted by Gasteiger charge is 2.31. The third-order valence-corrected chi connectivity index (χ3v) is 10.5. The van der Waals surface area contributed by atoms with Gasteiger partial charge in [0.15, 0.2) is 0 Å². The summed E-state index contributed by atoms with van der Waals surface area (Å²) in [5.41, 5.74) is 1.29. The van der Waals surface area contributed by atoms with E-state index in [2.05, 4.69) is 9.62 Å². The standard InChI is InChI=1S/C35H44Cl2FN3O6S/c1-23-19-41(24(2)22-42)35(43)30-18-28(39-48(44,45)29-12-9-27(38)10-13-29)11-15-33(30)47-25(3)7-5-6-16-46-34(23)21-40(4)20-26-8-14-31(36)32(37)17-26/h8-15,17-18,23-25,34,39,42H,5-7,16,19-22H2,1-4H3/t23-,24+,25-,34-/m1/s1. The Kier molecular flexibility index (Phi) is 13.5. The number of benzene rings is 3. The van der Waals surface area contributed by atoms with E-state index >= 15 is 0 Å². The molecule has 0 unspecified atom stereocenters. The minimum atomic E-state index is -4.08. The van der Waals surface area contributed by atoms with Gasteiger partial charge in [0.1, 0.15) is 11.6 Å². The Bertz CT molecular complexity index is 1650. The highest BCUT2D eigenvalue weighted by molar-refractivity contribution is 7.92. The fourth-order valence-corrected chi connectivity index (χ4v) is 6.97. The van der Waals surface area contributed by atoms with Crippen LogP contribution in [-0.4, -0.2) is 80.8 Å². The van der Waals surface area contributed by atoms with Gasteiger partial charge in [-0.2, -0.15) is 0 Å². The summed E-state index contributed by atoms with van der Waals surface area (Å²) < 4.78 is 54.8. The van der Waals surface area contributed by atoms with Gasteiger partial charge in [0.25, 0.3) is 15.9 Å². The van der Waals surface area contributed by atoms with Crippen LogP contribution in [0.4, 0.5) is 10.1 Å². The van der Waals surface area contributed by atoms with E-state index in [1.54, 1.807) is 24.0 Å². The molecule has 0 bridgehead atoms. The number of amides is 1. The predicted molar refractivity (Wildman–Crippen MR) is 187 cm³/mol. The summed E-state index contributed by atoms with van der Waals surface area (Å²) in [6.07, 6.45) is 1.89. The zero-order chi connectivity index (χ0) is 35.0. The second-order valence-electron chi connectivity index (χ2n) is 12.5. The van der Waals surface area contributed by atoms with E-state index in [1.165, 1.54) is 24.3 Å². The Morgan fingerprint density at radius 1 is 1.06 bits per heavy atom. The number of rotatable bonds is 9. The average Bonchev–Trinajstić information content (AvgIpc) is 3.04. The van der Waals surface area contributed by atoms with Gasteiger partial charge in [-0.15, -0.1) is 0 Å². The second-order valence-corrected chi connectivity index (χ2v) is 15.0. The minimum Gasteiger partial charge on any atom is -0.490 e. The molecule has 3 aromatic carbocycles. The number of sulfonamides is 1. The van der Waals surface area contributed by atoms with Crippen molar-refractivity contribution in [1.29, 1.82) is 0 Å². The van der Waals surface area contributed by atoms with Gasteiger partial charge in [-0.25, -0.2) is 12.8 Å². The maximum Gasteiger partial charge on any atom is 0.261 e. The molecule has 262 valence electrons. The first-order chi connectivity index (χ1) is 22.8. The first kappa shape index (κ1) is 37.9. The van der Waals surface area contributed by atoms with Crippen LogP contribution in [0.2, 0.25) is 10.0 Å². The van der Waals surface area contributed by atoms with Crippen LogP contribution in [0, 0.1) is 11.7 Å². The number of ether oxygens (including phenoxy) is 2. The van der Waals surface area contributed by atoms with Gasteiger partial charge in [0.05, 0.1) is 45.4 Å². The molecule has 0 saturated heterocycles. The Balaban J connectivity index is 1.63. The number of hydrogen-bond donors (Lipinski definition) is 2. The molecule has 0 saturated carbocycles. The molecule has 1 aliphatic rings. The molecule has 9 nitrogen and oxygen atoms in total. The van der Waals surface area contributed by atoms with Gasteiger partial charge in [0.2, 0.25) is 0 Å². The van der Waals surface area contributed by atoms with Gasteiger partial charge < -0.3 is 19.5 Å². The van der Waals surface area contributed by atoms with Crippen molar-refractivity contribution in [2.75, 3.05) is 38.1 Å². The van der Waals surface area contributed by atoms with Crippen molar-refractivity contribution in [3.8, 4) is 5.75 Å². The number of halogens is 3. The van der Waals surface area contributed by atoms with E-state index in [0.29, 0.717) is 41.9 Å². The number of carbonyl (C=O) groups excluding carboxylic acids is 1. The maximum absolute atomic E-state index is 14.4. The molecule has 0 aromatic heterocycles. The predicted octanol–water partition coefficient (Wildman–Crippen LogP) is 6.86. The van der Waals surface area contributed by atoms with Crippen LogP contribution >= 0.6 is 23.2 Å². The van der Waals surface area contributed by atoms with E-state index in [9.17, 15) is 22.7 Å². The zero-order valence-electron chi connectivity index (χ0n) is 27.7. The van der Waals surface area contributed by atoms with Gasteiger partial charge >= 0.3 is 0 Å². The largest absolute Gasteiger partial charge is 0.490 e. The molecule has 4 rings (SSSR count). The lowest BCUT2D eigenvalue weighted by Gasteiger charge is -2.36. The summed E-state index contributed by atoms with van der Waals surface area (Å²) in [6.45, 7) is 7.38. The number of aliphatic hydroxyl groups excluding tert-OH is 1. The quantitative estimate of drug-likeness (QED) is 0.248. The lowest BCUT2D eigenvalue weighted by Crippen LogP contribution is -2.47. The van der Waals surface area contributed by atoms with Gasteiger partial charge in [0, 0.05) is 37.8 Å². The molecule has 13 heteroatoms. The van der Waals surface area contributed by atoms with E-state index < -0.39 is 27.8 Å². The highest BCUT2D eigenvalue weighted by Crippen LogP contribution is 2.30. The first-order valence-electron chi connectivity index (χ1n) is 16.0. The number of carbonyl (C=O) groups is 1. The fourth-order valence-electron chi connectivity index (χ4n) is 5.60. The summed E-state index contributed by atoms with van der Waals surface area (Å²) in [6, 6.07) is 14.0. The van der Waals surface area contributed by atoms with Crippen LogP contribution in [0.15, 0.2) is 65.6 Å². The van der Waals surface area contributed by atoms with E-state index in [-0.39, 0.29) is 47.4 Å². The van der Waals surface area contributed by atoms with Crippen molar-refractivity contribution in [2.45, 2.75) is 69.7 Å². The van der Waals surface area contributed by atoms with Crippen LogP contribution in [0.3, 0.4) is 0 Å². The average molecular weight is 725 g/mol. The Morgan fingerprint density at radius 3 is 2.48 bits per heavy atom. The monoisotopic (exact) mass is 723 g/mol. The topological polar surface area (TPSA) is 108 Å². The third kappa shape index (κ3) is 10.3. The summed E-state index contributed by atoms with van der Waals surface area (Å²) in [5.74, 6) is -0.819. The normalized spacial score (nSPS) is 20.5. The molecule has 0 aliphatic carbocycles.